The van der Waals surface area contributed by atoms with Crippen molar-refractivity contribution in [2.75, 3.05) is 19.8 Å². The van der Waals surface area contributed by atoms with Gasteiger partial charge in [-0.3, -0.25) is 4.79 Å². The topological polar surface area (TPSA) is 65.1 Å². The van der Waals surface area contributed by atoms with Gasteiger partial charge in [-0.05, 0) is 38.1 Å². The molecule has 0 spiro atoms. The quantitative estimate of drug-likeness (QED) is 0.303. The van der Waals surface area contributed by atoms with E-state index in [4.69, 9.17) is 9.47 Å². The van der Waals surface area contributed by atoms with Crippen LogP contribution in [0, 0.1) is 0 Å². The van der Waals surface area contributed by atoms with Crippen LogP contribution in [0.15, 0.2) is 36.9 Å². The highest BCUT2D eigenvalue weighted by Crippen LogP contribution is 2.23. The zero-order valence-corrected chi connectivity index (χ0v) is 16.6. The maximum absolute atomic E-state index is 12.8. The normalized spacial score (nSPS) is 12.8. The molecule has 0 saturated heterocycles. The van der Waals surface area contributed by atoms with E-state index in [-0.39, 0.29) is 17.3 Å². The molecule has 12 heteroatoms. The second-order valence-corrected chi connectivity index (χ2v) is 6.46. The molecule has 0 radical (unpaired) electrons. The highest BCUT2D eigenvalue weighted by atomic mass is 19.4. The number of halogens is 6. The van der Waals surface area contributed by atoms with Gasteiger partial charge >= 0.3 is 24.2 Å². The summed E-state index contributed by atoms with van der Waals surface area (Å²) in [4.78, 5) is 23.0. The molecule has 0 aliphatic rings. The van der Waals surface area contributed by atoms with Crippen molar-refractivity contribution >= 4 is 11.9 Å². The first-order valence-electron chi connectivity index (χ1n) is 8.87. The van der Waals surface area contributed by atoms with Gasteiger partial charge in [-0.25, -0.2) is 4.79 Å². The third-order valence-electron chi connectivity index (χ3n) is 3.66. The summed E-state index contributed by atoms with van der Waals surface area (Å²) >= 11 is 0. The summed E-state index contributed by atoms with van der Waals surface area (Å²) in [5, 5.41) is 0. The summed E-state index contributed by atoms with van der Waals surface area (Å²) in [6, 6.07) is 4.69. The predicted molar refractivity (Wildman–Crippen MR) is 96.5 cm³/mol. The van der Waals surface area contributed by atoms with Crippen molar-refractivity contribution in [1.29, 1.82) is 0 Å². The number of amides is 1. The van der Waals surface area contributed by atoms with Crippen LogP contribution < -0.4 is 9.47 Å². The number of esters is 1. The lowest BCUT2D eigenvalue weighted by atomic mass is 10.2. The molecule has 0 aliphatic carbocycles. The predicted octanol–water partition coefficient (Wildman–Crippen LogP) is 3.90. The van der Waals surface area contributed by atoms with E-state index in [2.05, 4.69) is 11.3 Å². The Morgan fingerprint density at radius 2 is 1.52 bits per heavy atom. The minimum atomic E-state index is -5.38. The van der Waals surface area contributed by atoms with Crippen LogP contribution in [0.3, 0.4) is 0 Å². The van der Waals surface area contributed by atoms with Crippen molar-refractivity contribution in [2.24, 2.45) is 0 Å². The largest absolute Gasteiger partial charge is 0.490 e. The SMILES string of the molecule is C=CCOc1ccc(OCC(CN(C(=O)C(F)(F)F)C(C)C)OC(=O)C(F)(F)F)cc1. The van der Waals surface area contributed by atoms with Crippen molar-refractivity contribution in [1.82, 2.24) is 4.90 Å². The minimum absolute atomic E-state index is 0.122. The van der Waals surface area contributed by atoms with Crippen molar-refractivity contribution in [3.63, 3.8) is 0 Å². The zero-order valence-electron chi connectivity index (χ0n) is 16.6. The molecule has 0 aromatic heterocycles. The second kappa shape index (κ2) is 10.9. The average Bonchev–Trinajstić information content (AvgIpc) is 2.66. The van der Waals surface area contributed by atoms with E-state index >= 15 is 0 Å². The number of alkyl halides is 6. The lowest BCUT2D eigenvalue weighted by molar-refractivity contribution is -0.209. The monoisotopic (exact) mass is 457 g/mol. The third-order valence-corrected chi connectivity index (χ3v) is 3.66. The van der Waals surface area contributed by atoms with E-state index in [1.165, 1.54) is 44.2 Å². The number of nitrogens with zero attached hydrogens (tertiary/aromatic N) is 1. The maximum Gasteiger partial charge on any atom is 0.490 e. The summed E-state index contributed by atoms with van der Waals surface area (Å²) in [5.41, 5.74) is 0. The van der Waals surface area contributed by atoms with Crippen LogP contribution in [0.2, 0.25) is 0 Å². The Morgan fingerprint density at radius 3 is 1.94 bits per heavy atom. The van der Waals surface area contributed by atoms with E-state index < -0.39 is 49.5 Å². The van der Waals surface area contributed by atoms with Gasteiger partial charge in [0.15, 0.2) is 6.10 Å². The lowest BCUT2D eigenvalue weighted by Crippen LogP contribution is -2.50. The van der Waals surface area contributed by atoms with Gasteiger partial charge in [0.1, 0.15) is 24.7 Å². The van der Waals surface area contributed by atoms with Crippen LogP contribution in [0.25, 0.3) is 0 Å². The summed E-state index contributed by atoms with van der Waals surface area (Å²) < 4.78 is 90.9. The number of rotatable bonds is 10. The first-order chi connectivity index (χ1) is 14.3. The number of carbonyl (C=O) groups excluding carboxylic acids is 2. The van der Waals surface area contributed by atoms with Crippen molar-refractivity contribution in [2.45, 2.75) is 38.3 Å². The van der Waals surface area contributed by atoms with Gasteiger partial charge in [0, 0.05) is 6.04 Å². The molecule has 0 N–H and O–H groups in total. The molecule has 1 atom stereocenters. The molecular weight excluding hydrogens is 436 g/mol. The Balaban J connectivity index is 2.96. The van der Waals surface area contributed by atoms with Crippen molar-refractivity contribution in [3.8, 4) is 11.5 Å². The molecule has 31 heavy (non-hydrogen) atoms. The Kier molecular flexibility index (Phi) is 9.19. The lowest BCUT2D eigenvalue weighted by Gasteiger charge is -2.31. The second-order valence-electron chi connectivity index (χ2n) is 6.46. The summed E-state index contributed by atoms with van der Waals surface area (Å²) in [5.74, 6) is -4.33. The van der Waals surface area contributed by atoms with Crippen LogP contribution in [-0.2, 0) is 14.3 Å². The molecular formula is C19H21F6NO5. The smallest absolute Gasteiger partial charge is 0.490 e. The van der Waals surface area contributed by atoms with Gasteiger partial charge in [-0.2, -0.15) is 26.3 Å². The first kappa shape index (κ1) is 26.1. The number of benzene rings is 1. The van der Waals surface area contributed by atoms with E-state index in [0.29, 0.717) is 5.75 Å². The third kappa shape index (κ3) is 8.77. The Hall–Kier alpha value is -2.92. The zero-order chi connectivity index (χ0) is 23.8. The first-order valence-corrected chi connectivity index (χ1v) is 8.87. The molecule has 0 saturated carbocycles. The van der Waals surface area contributed by atoms with Crippen molar-refractivity contribution in [3.05, 3.63) is 36.9 Å². The fraction of sp³-hybridized carbons (Fsp3) is 0.474. The number of carbonyl (C=O) groups is 2. The molecule has 174 valence electrons. The van der Waals surface area contributed by atoms with Crippen LogP contribution in [-0.4, -0.2) is 61.0 Å². The molecule has 1 rings (SSSR count). The van der Waals surface area contributed by atoms with Gasteiger partial charge in [0.25, 0.3) is 0 Å². The molecule has 0 aliphatic heterocycles. The Labute approximate surface area is 174 Å². The molecule has 1 aromatic rings. The van der Waals surface area contributed by atoms with Crippen LogP contribution >= 0.6 is 0 Å². The minimum Gasteiger partial charge on any atom is -0.490 e. The Bertz CT molecular complexity index is 746. The van der Waals surface area contributed by atoms with Crippen LogP contribution in [0.4, 0.5) is 26.3 Å². The standard InChI is InChI=1S/C19H21F6NO5/c1-4-9-29-13-5-7-14(8-6-13)30-11-15(31-17(28)19(23,24)25)10-26(12(2)3)16(27)18(20,21)22/h4-8,12,15H,1,9-11H2,2-3H3. The summed E-state index contributed by atoms with van der Waals surface area (Å²) in [7, 11) is 0. The van der Waals surface area contributed by atoms with Gasteiger partial charge in [-0.15, -0.1) is 0 Å². The maximum atomic E-state index is 12.8. The number of hydrogen-bond donors (Lipinski definition) is 0. The number of ether oxygens (including phenoxy) is 3. The number of hydrogen-bond acceptors (Lipinski definition) is 5. The van der Waals surface area contributed by atoms with Gasteiger partial charge in [0.2, 0.25) is 0 Å². The van der Waals surface area contributed by atoms with Gasteiger partial charge < -0.3 is 19.1 Å². The molecule has 1 unspecified atom stereocenters. The molecule has 0 fully saturated rings. The fourth-order valence-electron chi connectivity index (χ4n) is 2.23. The van der Waals surface area contributed by atoms with E-state index in [1.54, 1.807) is 0 Å². The van der Waals surface area contributed by atoms with Crippen LogP contribution in [0.5, 0.6) is 11.5 Å². The highest BCUT2D eigenvalue weighted by molar-refractivity contribution is 5.82. The fourth-order valence-corrected chi connectivity index (χ4v) is 2.23. The molecule has 1 aromatic carbocycles. The molecule has 0 bridgehead atoms. The van der Waals surface area contributed by atoms with Crippen molar-refractivity contribution < 1.29 is 50.1 Å². The molecule has 0 heterocycles. The summed E-state index contributed by atoms with van der Waals surface area (Å²) in [6.07, 6.45) is -10.9. The Morgan fingerprint density at radius 1 is 1.00 bits per heavy atom. The highest BCUT2D eigenvalue weighted by Gasteiger charge is 2.46. The van der Waals surface area contributed by atoms with E-state index in [0.717, 1.165) is 0 Å². The van der Waals surface area contributed by atoms with E-state index in [1.807, 2.05) is 0 Å². The van der Waals surface area contributed by atoms with Crippen LogP contribution in [0.1, 0.15) is 13.8 Å². The molecule has 1 amide bonds. The summed E-state index contributed by atoms with van der Waals surface area (Å²) in [6.45, 7) is 4.48. The van der Waals surface area contributed by atoms with Gasteiger partial charge in [-0.1, -0.05) is 12.7 Å². The average molecular weight is 457 g/mol. The van der Waals surface area contributed by atoms with E-state index in [9.17, 15) is 35.9 Å². The molecule has 6 nitrogen and oxygen atoms in total. The van der Waals surface area contributed by atoms with Gasteiger partial charge in [0.05, 0.1) is 6.54 Å².